The maximum atomic E-state index is 11.0. The predicted molar refractivity (Wildman–Crippen MR) is 77.9 cm³/mol. The number of halogens is 1. The van der Waals surface area contributed by atoms with Gasteiger partial charge < -0.3 is 5.32 Å². The summed E-state index contributed by atoms with van der Waals surface area (Å²) >= 11 is 7.26. The molecule has 0 radical (unpaired) electrons. The van der Waals surface area contributed by atoms with Crippen LogP contribution in [0.5, 0.6) is 0 Å². The normalized spacial score (nSPS) is 11.9. The van der Waals surface area contributed by atoms with Crippen LogP contribution in [-0.2, 0) is 0 Å². The van der Waals surface area contributed by atoms with E-state index >= 15 is 0 Å². The van der Waals surface area contributed by atoms with Gasteiger partial charge in [-0.1, -0.05) is 11.6 Å². The highest BCUT2D eigenvalue weighted by atomic mass is 35.5. The smallest absolute Gasteiger partial charge is 0.329 e. The molecule has 8 nitrogen and oxygen atoms in total. The van der Waals surface area contributed by atoms with Gasteiger partial charge in [0.25, 0.3) is 0 Å². The molecule has 10 heteroatoms. The summed E-state index contributed by atoms with van der Waals surface area (Å²) in [5.41, 5.74) is 2.02. The molecule has 0 bridgehead atoms. The van der Waals surface area contributed by atoms with E-state index in [1.807, 2.05) is 13.0 Å². The molecule has 20 heavy (non-hydrogen) atoms. The molecule has 106 valence electrons. The molecule has 0 aliphatic carbocycles. The summed E-state index contributed by atoms with van der Waals surface area (Å²) in [5, 5.41) is 13.9. The number of aromatic nitrogens is 2. The number of hydrogen-bond acceptors (Lipinski definition) is 8. The van der Waals surface area contributed by atoms with Crippen molar-refractivity contribution >= 4 is 40.4 Å². The molecule has 1 atom stereocenters. The molecule has 0 amide bonds. The fourth-order valence-electron chi connectivity index (χ4n) is 1.52. The second-order valence-corrected chi connectivity index (χ2v) is 5.58. The van der Waals surface area contributed by atoms with Crippen LogP contribution in [0.25, 0.3) is 0 Å². The Balaban J connectivity index is 2.29. The summed E-state index contributed by atoms with van der Waals surface area (Å²) in [4.78, 5) is 19.0. The largest absolute Gasteiger partial charge is 0.357 e. The highest BCUT2D eigenvalue weighted by Crippen LogP contribution is 2.31. The van der Waals surface area contributed by atoms with Crippen LogP contribution in [0.3, 0.4) is 0 Å². The standard InChI is InChI=1S/C10H11ClN6O2S/c1-5(7-2-3-8(11)20-7)14-9-6(17(18)19)4-13-10(15-9)16-12/h2-5H,12H2,1H3,(H2,13,14,15,16). The molecule has 0 saturated heterocycles. The molecule has 4 N–H and O–H groups in total. The molecule has 0 aliphatic rings. The second kappa shape index (κ2) is 5.99. The highest BCUT2D eigenvalue weighted by Gasteiger charge is 2.20. The van der Waals surface area contributed by atoms with Crippen molar-refractivity contribution in [1.82, 2.24) is 9.97 Å². The summed E-state index contributed by atoms with van der Waals surface area (Å²) in [6.45, 7) is 1.85. The first-order chi connectivity index (χ1) is 9.51. The third kappa shape index (κ3) is 3.13. The monoisotopic (exact) mass is 314 g/mol. The van der Waals surface area contributed by atoms with Crippen LogP contribution in [0.2, 0.25) is 4.34 Å². The van der Waals surface area contributed by atoms with E-state index in [0.29, 0.717) is 4.34 Å². The van der Waals surface area contributed by atoms with Gasteiger partial charge >= 0.3 is 5.69 Å². The number of hydrazine groups is 1. The molecular formula is C10H11ClN6O2S. The Kier molecular flexibility index (Phi) is 4.32. The van der Waals surface area contributed by atoms with Crippen molar-refractivity contribution < 1.29 is 4.92 Å². The molecule has 2 heterocycles. The maximum absolute atomic E-state index is 11.0. The van der Waals surface area contributed by atoms with Crippen molar-refractivity contribution in [3.8, 4) is 0 Å². The number of hydrogen-bond donors (Lipinski definition) is 3. The van der Waals surface area contributed by atoms with Crippen molar-refractivity contribution in [3.05, 3.63) is 37.7 Å². The lowest BCUT2D eigenvalue weighted by atomic mass is 10.2. The minimum Gasteiger partial charge on any atom is -0.357 e. The summed E-state index contributed by atoms with van der Waals surface area (Å²) in [5.74, 6) is 5.39. The van der Waals surface area contributed by atoms with Crippen LogP contribution in [-0.4, -0.2) is 14.9 Å². The second-order valence-electron chi connectivity index (χ2n) is 3.84. The van der Waals surface area contributed by atoms with Crippen molar-refractivity contribution in [1.29, 1.82) is 0 Å². The Hall–Kier alpha value is -1.97. The lowest BCUT2D eigenvalue weighted by Gasteiger charge is -2.13. The number of nitrogens with one attached hydrogen (secondary N) is 2. The zero-order valence-electron chi connectivity index (χ0n) is 10.3. The molecule has 0 fully saturated rings. The first-order valence-corrected chi connectivity index (χ1v) is 6.70. The number of nitrogen functional groups attached to an aromatic ring is 1. The summed E-state index contributed by atoms with van der Waals surface area (Å²) in [6, 6.07) is 3.42. The van der Waals surface area contributed by atoms with E-state index in [1.54, 1.807) is 6.07 Å². The van der Waals surface area contributed by atoms with Crippen LogP contribution in [0.4, 0.5) is 17.5 Å². The summed E-state index contributed by atoms with van der Waals surface area (Å²) in [7, 11) is 0. The Bertz CT molecular complexity index is 634. The van der Waals surface area contributed by atoms with Gasteiger partial charge in [0, 0.05) is 4.88 Å². The quantitative estimate of drug-likeness (QED) is 0.440. The Morgan fingerprint density at radius 1 is 1.55 bits per heavy atom. The third-order valence-electron chi connectivity index (χ3n) is 2.47. The minimum atomic E-state index is -0.559. The topological polar surface area (TPSA) is 119 Å². The van der Waals surface area contributed by atoms with Crippen LogP contribution < -0.4 is 16.6 Å². The van der Waals surface area contributed by atoms with E-state index in [4.69, 9.17) is 17.4 Å². The molecular weight excluding hydrogens is 304 g/mol. The molecule has 2 aromatic rings. The van der Waals surface area contributed by atoms with Gasteiger partial charge in [-0.3, -0.25) is 15.5 Å². The fourth-order valence-corrected chi connectivity index (χ4v) is 2.59. The maximum Gasteiger partial charge on any atom is 0.329 e. The van der Waals surface area contributed by atoms with Gasteiger partial charge in [0.1, 0.15) is 6.20 Å². The first-order valence-electron chi connectivity index (χ1n) is 5.51. The van der Waals surface area contributed by atoms with E-state index < -0.39 is 4.92 Å². The van der Waals surface area contributed by atoms with Gasteiger partial charge in [-0.2, -0.15) is 4.98 Å². The fraction of sp³-hybridized carbons (Fsp3) is 0.200. The van der Waals surface area contributed by atoms with E-state index in [9.17, 15) is 10.1 Å². The first kappa shape index (κ1) is 14.4. The van der Waals surface area contributed by atoms with E-state index in [2.05, 4.69) is 20.7 Å². The van der Waals surface area contributed by atoms with Gasteiger partial charge in [-0.05, 0) is 19.1 Å². The number of thiophene rings is 1. The zero-order chi connectivity index (χ0) is 14.7. The molecule has 0 aliphatic heterocycles. The Morgan fingerprint density at radius 2 is 2.30 bits per heavy atom. The van der Waals surface area contributed by atoms with E-state index in [1.165, 1.54) is 11.3 Å². The number of nitro groups is 1. The number of rotatable bonds is 5. The predicted octanol–water partition coefficient (Wildman–Crippen LogP) is 2.56. The number of nitrogens with zero attached hydrogens (tertiary/aromatic N) is 3. The molecule has 0 spiro atoms. The van der Waals surface area contributed by atoms with Crippen LogP contribution in [0.15, 0.2) is 18.3 Å². The van der Waals surface area contributed by atoms with E-state index in [0.717, 1.165) is 11.1 Å². The van der Waals surface area contributed by atoms with Gasteiger partial charge in [0.05, 0.1) is 15.3 Å². The van der Waals surface area contributed by atoms with Gasteiger partial charge in [0.2, 0.25) is 11.8 Å². The van der Waals surface area contributed by atoms with Crippen molar-refractivity contribution in [2.24, 2.45) is 5.84 Å². The van der Waals surface area contributed by atoms with Crippen molar-refractivity contribution in [2.75, 3.05) is 10.7 Å². The molecule has 2 aromatic heterocycles. The van der Waals surface area contributed by atoms with Crippen LogP contribution in [0, 0.1) is 10.1 Å². The van der Waals surface area contributed by atoms with Crippen LogP contribution in [0.1, 0.15) is 17.8 Å². The molecule has 2 rings (SSSR count). The van der Waals surface area contributed by atoms with Crippen LogP contribution >= 0.6 is 22.9 Å². The molecule has 0 saturated carbocycles. The molecule has 1 unspecified atom stereocenters. The lowest BCUT2D eigenvalue weighted by Crippen LogP contribution is -2.14. The van der Waals surface area contributed by atoms with Gasteiger partial charge in [-0.15, -0.1) is 11.3 Å². The number of anilines is 2. The lowest BCUT2D eigenvalue weighted by molar-refractivity contribution is -0.384. The van der Waals surface area contributed by atoms with Crippen molar-refractivity contribution in [2.45, 2.75) is 13.0 Å². The number of nitrogens with two attached hydrogens (primary N) is 1. The van der Waals surface area contributed by atoms with Crippen molar-refractivity contribution in [3.63, 3.8) is 0 Å². The minimum absolute atomic E-state index is 0.0921. The zero-order valence-corrected chi connectivity index (χ0v) is 11.9. The average molecular weight is 315 g/mol. The molecule has 0 aromatic carbocycles. The Labute approximate surface area is 123 Å². The third-order valence-corrected chi connectivity index (χ3v) is 3.88. The van der Waals surface area contributed by atoms with E-state index in [-0.39, 0.29) is 23.5 Å². The highest BCUT2D eigenvalue weighted by molar-refractivity contribution is 7.16. The average Bonchev–Trinajstić information content (AvgIpc) is 2.85. The SMILES string of the molecule is CC(Nc1nc(NN)ncc1[N+](=O)[O-])c1ccc(Cl)s1. The summed E-state index contributed by atoms with van der Waals surface area (Å²) in [6.07, 6.45) is 1.10. The van der Waals surface area contributed by atoms with Gasteiger partial charge in [0.15, 0.2) is 0 Å². The summed E-state index contributed by atoms with van der Waals surface area (Å²) < 4.78 is 0.648. The Morgan fingerprint density at radius 3 is 2.85 bits per heavy atom. The van der Waals surface area contributed by atoms with Gasteiger partial charge in [-0.25, -0.2) is 10.8 Å².